The molecule has 1 aromatic carbocycles. The molecule has 0 radical (unpaired) electrons. The van der Waals surface area contributed by atoms with Gasteiger partial charge in [0, 0.05) is 16.1 Å². The van der Waals surface area contributed by atoms with Gasteiger partial charge < -0.3 is 10.3 Å². The van der Waals surface area contributed by atoms with E-state index in [1.54, 1.807) is 35.6 Å². The Labute approximate surface area is 169 Å². The molecule has 0 saturated heterocycles. The normalized spacial score (nSPS) is 13.3. The molecule has 3 aromatic rings. The lowest BCUT2D eigenvalue weighted by Gasteiger charge is -2.09. The molecule has 2 N–H and O–H groups in total. The van der Waals surface area contributed by atoms with Crippen molar-refractivity contribution in [2.45, 2.75) is 37.8 Å². The van der Waals surface area contributed by atoms with Crippen LogP contribution < -0.4 is 10.9 Å². The minimum atomic E-state index is -0.223. The molecule has 1 aliphatic rings. The number of ketones is 1. The van der Waals surface area contributed by atoms with E-state index >= 15 is 0 Å². The first-order chi connectivity index (χ1) is 13.5. The first-order valence-corrected chi connectivity index (χ1v) is 10.9. The minimum absolute atomic E-state index is 0.0563. The van der Waals surface area contributed by atoms with Gasteiger partial charge in [-0.15, -0.1) is 11.3 Å². The Balaban J connectivity index is 1.47. The lowest BCUT2D eigenvalue weighted by atomic mass is 9.97. The van der Waals surface area contributed by atoms with Crippen LogP contribution in [0.5, 0.6) is 0 Å². The number of hydrogen-bond acceptors (Lipinski definition) is 6. The fraction of sp³-hybridized carbons (Fsp3) is 0.300. The highest BCUT2D eigenvalue weighted by molar-refractivity contribution is 7.99. The summed E-state index contributed by atoms with van der Waals surface area (Å²) in [5, 5.41) is 3.93. The fourth-order valence-electron chi connectivity index (χ4n) is 3.36. The van der Waals surface area contributed by atoms with Gasteiger partial charge >= 0.3 is 0 Å². The van der Waals surface area contributed by atoms with Gasteiger partial charge in [0.15, 0.2) is 10.9 Å². The topological polar surface area (TPSA) is 91.9 Å². The highest BCUT2D eigenvalue weighted by Crippen LogP contribution is 2.34. The smallest absolute Gasteiger partial charge is 0.260 e. The first-order valence-electron chi connectivity index (χ1n) is 9.09. The van der Waals surface area contributed by atoms with E-state index < -0.39 is 0 Å². The molecule has 28 heavy (non-hydrogen) atoms. The Hall–Kier alpha value is -2.45. The van der Waals surface area contributed by atoms with Gasteiger partial charge in [0.2, 0.25) is 5.91 Å². The lowest BCUT2D eigenvalue weighted by molar-refractivity contribution is -0.113. The Bertz CT molecular complexity index is 1130. The van der Waals surface area contributed by atoms with E-state index in [-0.39, 0.29) is 23.0 Å². The van der Waals surface area contributed by atoms with Gasteiger partial charge in [-0.1, -0.05) is 23.9 Å². The van der Waals surface area contributed by atoms with Crippen molar-refractivity contribution in [1.29, 1.82) is 0 Å². The van der Waals surface area contributed by atoms with Crippen LogP contribution in [0.15, 0.2) is 34.2 Å². The molecule has 2 heterocycles. The van der Waals surface area contributed by atoms with Crippen LogP contribution in [0.3, 0.4) is 0 Å². The number of rotatable bonds is 5. The van der Waals surface area contributed by atoms with E-state index in [4.69, 9.17) is 0 Å². The number of carbonyl (C=O) groups is 2. The maximum atomic E-state index is 12.5. The van der Waals surface area contributed by atoms with Crippen LogP contribution in [0, 0.1) is 0 Å². The fourth-order valence-corrected chi connectivity index (χ4v) is 5.34. The predicted molar refractivity (Wildman–Crippen MR) is 113 cm³/mol. The molecule has 2 aromatic heterocycles. The first kappa shape index (κ1) is 18.9. The van der Waals surface area contributed by atoms with Gasteiger partial charge in [-0.3, -0.25) is 14.4 Å². The monoisotopic (exact) mass is 413 g/mol. The third-order valence-corrected chi connectivity index (χ3v) is 6.76. The number of amides is 1. The maximum Gasteiger partial charge on any atom is 0.260 e. The summed E-state index contributed by atoms with van der Waals surface area (Å²) in [5.74, 6) is -0.165. The van der Waals surface area contributed by atoms with Gasteiger partial charge in [-0.05, 0) is 50.3 Å². The SMILES string of the molecule is CC(=O)c1cccc(NC(=O)CSc2nc3sc4c(c3c(=O)[nH]2)CCCC4)c1. The maximum absolute atomic E-state index is 12.5. The van der Waals surface area contributed by atoms with Gasteiger partial charge in [-0.25, -0.2) is 4.98 Å². The molecule has 0 bridgehead atoms. The molecule has 0 fully saturated rings. The Kier molecular flexibility index (Phi) is 5.32. The zero-order valence-corrected chi connectivity index (χ0v) is 17.0. The second-order valence-corrected chi connectivity index (χ2v) is 8.78. The number of nitrogens with zero attached hydrogens (tertiary/aromatic N) is 1. The molecule has 144 valence electrons. The van der Waals surface area contributed by atoms with Crippen LogP contribution in [0.25, 0.3) is 10.2 Å². The van der Waals surface area contributed by atoms with E-state index in [9.17, 15) is 14.4 Å². The highest BCUT2D eigenvalue weighted by Gasteiger charge is 2.20. The van der Waals surface area contributed by atoms with Crippen molar-refractivity contribution in [2.24, 2.45) is 0 Å². The number of aromatic nitrogens is 2. The van der Waals surface area contributed by atoms with Crippen LogP contribution >= 0.6 is 23.1 Å². The Morgan fingerprint density at radius 2 is 2.11 bits per heavy atom. The highest BCUT2D eigenvalue weighted by atomic mass is 32.2. The Morgan fingerprint density at radius 1 is 1.29 bits per heavy atom. The predicted octanol–water partition coefficient (Wildman–Crippen LogP) is 3.80. The van der Waals surface area contributed by atoms with Crippen molar-refractivity contribution < 1.29 is 9.59 Å². The van der Waals surface area contributed by atoms with Crippen molar-refractivity contribution in [1.82, 2.24) is 9.97 Å². The summed E-state index contributed by atoms with van der Waals surface area (Å²) >= 11 is 2.79. The van der Waals surface area contributed by atoms with Crippen molar-refractivity contribution in [2.75, 3.05) is 11.1 Å². The van der Waals surface area contributed by atoms with E-state index in [0.717, 1.165) is 41.5 Å². The average Bonchev–Trinajstić information content (AvgIpc) is 3.05. The molecule has 0 atom stereocenters. The van der Waals surface area contributed by atoms with Gasteiger partial charge in [-0.2, -0.15) is 0 Å². The van der Waals surface area contributed by atoms with E-state index in [1.807, 2.05) is 0 Å². The molecule has 6 nitrogen and oxygen atoms in total. The van der Waals surface area contributed by atoms with Gasteiger partial charge in [0.1, 0.15) is 4.83 Å². The third-order valence-electron chi connectivity index (χ3n) is 4.70. The second-order valence-electron chi connectivity index (χ2n) is 6.74. The third kappa shape index (κ3) is 3.88. The summed E-state index contributed by atoms with van der Waals surface area (Å²) in [5.41, 5.74) is 2.14. The lowest BCUT2D eigenvalue weighted by Crippen LogP contribution is -2.16. The number of Topliss-reactive ketones (excluding diaryl/α,β-unsaturated/α-hetero) is 1. The number of benzene rings is 1. The van der Waals surface area contributed by atoms with Crippen molar-refractivity contribution in [3.05, 3.63) is 50.6 Å². The van der Waals surface area contributed by atoms with E-state index in [2.05, 4.69) is 15.3 Å². The van der Waals surface area contributed by atoms with Gasteiger partial charge in [0.05, 0.1) is 11.1 Å². The van der Waals surface area contributed by atoms with Crippen molar-refractivity contribution in [3.8, 4) is 0 Å². The molecule has 1 amide bonds. The van der Waals surface area contributed by atoms with Crippen LogP contribution in [-0.4, -0.2) is 27.4 Å². The number of aromatic amines is 1. The molecule has 4 rings (SSSR count). The number of hydrogen-bond donors (Lipinski definition) is 2. The van der Waals surface area contributed by atoms with Crippen molar-refractivity contribution in [3.63, 3.8) is 0 Å². The molecule has 0 spiro atoms. The molecule has 0 aliphatic heterocycles. The molecule has 0 unspecified atom stereocenters. The van der Waals surface area contributed by atoms with Crippen molar-refractivity contribution >= 4 is 50.7 Å². The quantitative estimate of drug-likeness (QED) is 0.377. The number of fused-ring (bicyclic) bond motifs is 3. The minimum Gasteiger partial charge on any atom is -0.325 e. The number of carbonyl (C=O) groups excluding carboxylic acids is 2. The summed E-state index contributed by atoms with van der Waals surface area (Å²) in [7, 11) is 0. The summed E-state index contributed by atoms with van der Waals surface area (Å²) in [6.07, 6.45) is 4.22. The number of H-pyrrole nitrogens is 1. The summed E-state index contributed by atoms with van der Waals surface area (Å²) in [6, 6.07) is 6.81. The molecule has 0 saturated carbocycles. The molecule has 8 heteroatoms. The van der Waals surface area contributed by atoms with Crippen LogP contribution in [0.2, 0.25) is 0 Å². The largest absolute Gasteiger partial charge is 0.325 e. The summed E-state index contributed by atoms with van der Waals surface area (Å²) in [6.45, 7) is 1.48. The summed E-state index contributed by atoms with van der Waals surface area (Å²) < 4.78 is 0. The number of thioether (sulfide) groups is 1. The van der Waals surface area contributed by atoms with Crippen LogP contribution in [0.1, 0.15) is 40.6 Å². The number of aryl methyl sites for hydroxylation is 2. The van der Waals surface area contributed by atoms with Crippen LogP contribution in [0.4, 0.5) is 5.69 Å². The number of thiophene rings is 1. The second kappa shape index (κ2) is 7.89. The van der Waals surface area contributed by atoms with Gasteiger partial charge in [0.25, 0.3) is 5.56 Å². The zero-order valence-electron chi connectivity index (χ0n) is 15.3. The molecular formula is C20H19N3O3S2. The molecule has 1 aliphatic carbocycles. The number of nitrogens with one attached hydrogen (secondary N) is 2. The van der Waals surface area contributed by atoms with E-state index in [0.29, 0.717) is 16.4 Å². The average molecular weight is 414 g/mol. The zero-order chi connectivity index (χ0) is 19.7. The van der Waals surface area contributed by atoms with Crippen LogP contribution in [-0.2, 0) is 17.6 Å². The standard InChI is InChI=1S/C20H19N3O3S2/c1-11(24)12-5-4-6-13(9-12)21-16(25)10-27-20-22-18(26)17-14-7-2-3-8-15(14)28-19(17)23-20/h4-6,9H,2-3,7-8,10H2,1H3,(H,21,25)(H,22,23,26). The summed E-state index contributed by atoms with van der Waals surface area (Å²) in [4.78, 5) is 45.6. The van der Waals surface area contributed by atoms with E-state index in [1.165, 1.54) is 23.6 Å². The number of anilines is 1. The molecular weight excluding hydrogens is 394 g/mol. The Morgan fingerprint density at radius 3 is 2.93 bits per heavy atom.